The van der Waals surface area contributed by atoms with Crippen molar-refractivity contribution in [3.63, 3.8) is 0 Å². The lowest BCUT2D eigenvalue weighted by Gasteiger charge is -2.19. The summed E-state index contributed by atoms with van der Waals surface area (Å²) in [6.07, 6.45) is 0. The molecule has 1 aromatic carbocycles. The Morgan fingerprint density at radius 2 is 2.10 bits per heavy atom. The van der Waals surface area contributed by atoms with Crippen LogP contribution in [0.3, 0.4) is 0 Å². The molecule has 6 heteroatoms. The molecule has 0 fully saturated rings. The van der Waals surface area contributed by atoms with Gasteiger partial charge >= 0.3 is 0 Å². The predicted octanol–water partition coefficient (Wildman–Crippen LogP) is 2.80. The standard InChI is InChI=1S/C15H19NO3S2/c1-11-6-7-14(19-3)12(9-11)13(16-2)10-21(17,18)15-5-4-8-20-15/h4-9,13,16H,10H2,1-3H3. The zero-order valence-corrected chi connectivity index (χ0v) is 13.9. The molecule has 0 spiro atoms. The van der Waals surface area contributed by atoms with Crippen LogP contribution in [0, 0.1) is 6.92 Å². The van der Waals surface area contributed by atoms with Gasteiger partial charge in [0.05, 0.1) is 12.9 Å². The van der Waals surface area contributed by atoms with Gasteiger partial charge in [-0.1, -0.05) is 23.8 Å². The lowest BCUT2D eigenvalue weighted by Crippen LogP contribution is -2.25. The van der Waals surface area contributed by atoms with Gasteiger partial charge in [-0.15, -0.1) is 11.3 Å². The van der Waals surface area contributed by atoms with E-state index in [9.17, 15) is 8.42 Å². The van der Waals surface area contributed by atoms with E-state index in [4.69, 9.17) is 4.74 Å². The van der Waals surface area contributed by atoms with Crippen LogP contribution in [0.25, 0.3) is 0 Å². The summed E-state index contributed by atoms with van der Waals surface area (Å²) >= 11 is 1.24. The van der Waals surface area contributed by atoms with Crippen LogP contribution in [0.1, 0.15) is 17.2 Å². The first kappa shape index (κ1) is 16.0. The number of nitrogens with one attached hydrogen (secondary N) is 1. The molecular formula is C15H19NO3S2. The number of thiophene rings is 1. The molecule has 0 saturated carbocycles. The fourth-order valence-electron chi connectivity index (χ4n) is 2.20. The van der Waals surface area contributed by atoms with E-state index < -0.39 is 9.84 Å². The van der Waals surface area contributed by atoms with Gasteiger partial charge < -0.3 is 10.1 Å². The molecule has 1 aromatic heterocycles. The lowest BCUT2D eigenvalue weighted by molar-refractivity contribution is 0.403. The molecule has 1 atom stereocenters. The summed E-state index contributed by atoms with van der Waals surface area (Å²) < 4.78 is 30.7. The molecule has 0 aliphatic heterocycles. The van der Waals surface area contributed by atoms with Gasteiger partial charge in [-0.2, -0.15) is 0 Å². The number of sulfone groups is 1. The Morgan fingerprint density at radius 1 is 1.33 bits per heavy atom. The van der Waals surface area contributed by atoms with Gasteiger partial charge in [0.1, 0.15) is 9.96 Å². The fraction of sp³-hybridized carbons (Fsp3) is 0.333. The molecule has 1 heterocycles. The van der Waals surface area contributed by atoms with E-state index in [1.54, 1.807) is 31.7 Å². The second kappa shape index (κ2) is 6.60. The van der Waals surface area contributed by atoms with Crippen molar-refractivity contribution in [1.29, 1.82) is 0 Å². The van der Waals surface area contributed by atoms with E-state index >= 15 is 0 Å². The van der Waals surface area contributed by atoms with Crippen molar-refractivity contribution in [2.45, 2.75) is 17.2 Å². The molecule has 0 aliphatic carbocycles. The molecule has 0 radical (unpaired) electrons. The lowest BCUT2D eigenvalue weighted by atomic mass is 10.0. The summed E-state index contributed by atoms with van der Waals surface area (Å²) in [6, 6.07) is 8.85. The van der Waals surface area contributed by atoms with Crippen LogP contribution in [0.15, 0.2) is 39.9 Å². The van der Waals surface area contributed by atoms with Crippen LogP contribution in [0.2, 0.25) is 0 Å². The Kier molecular flexibility index (Phi) is 5.03. The molecule has 1 N–H and O–H groups in total. The molecule has 114 valence electrons. The van der Waals surface area contributed by atoms with Crippen molar-refractivity contribution in [3.8, 4) is 5.75 Å². The number of hydrogen-bond acceptors (Lipinski definition) is 5. The first-order chi connectivity index (χ1) is 9.97. The number of hydrogen-bond donors (Lipinski definition) is 1. The van der Waals surface area contributed by atoms with E-state index in [-0.39, 0.29) is 11.8 Å². The third-order valence-electron chi connectivity index (χ3n) is 3.30. The molecule has 0 amide bonds. The molecule has 4 nitrogen and oxygen atoms in total. The summed E-state index contributed by atoms with van der Waals surface area (Å²) in [5.74, 6) is 0.699. The Hall–Kier alpha value is -1.37. The summed E-state index contributed by atoms with van der Waals surface area (Å²) in [7, 11) is 0.0384. The predicted molar refractivity (Wildman–Crippen MR) is 85.9 cm³/mol. The summed E-state index contributed by atoms with van der Waals surface area (Å²) in [5, 5.41) is 4.86. The van der Waals surface area contributed by atoms with E-state index in [1.807, 2.05) is 25.1 Å². The van der Waals surface area contributed by atoms with Crippen LogP contribution >= 0.6 is 11.3 Å². The third kappa shape index (κ3) is 3.64. The monoisotopic (exact) mass is 325 g/mol. The summed E-state index contributed by atoms with van der Waals surface area (Å²) in [6.45, 7) is 1.98. The van der Waals surface area contributed by atoms with Crippen molar-refractivity contribution in [3.05, 3.63) is 46.8 Å². The number of methoxy groups -OCH3 is 1. The van der Waals surface area contributed by atoms with Crippen molar-refractivity contribution in [2.24, 2.45) is 0 Å². The Labute approximate surface area is 129 Å². The van der Waals surface area contributed by atoms with Crippen LogP contribution in [0.4, 0.5) is 0 Å². The van der Waals surface area contributed by atoms with Gasteiger partial charge in [0.25, 0.3) is 0 Å². The maximum Gasteiger partial charge on any atom is 0.189 e. The highest BCUT2D eigenvalue weighted by atomic mass is 32.2. The number of rotatable bonds is 6. The maximum absolute atomic E-state index is 12.5. The average molecular weight is 325 g/mol. The molecule has 21 heavy (non-hydrogen) atoms. The molecule has 2 aromatic rings. The number of ether oxygens (including phenoxy) is 1. The zero-order valence-electron chi connectivity index (χ0n) is 12.3. The van der Waals surface area contributed by atoms with Crippen molar-refractivity contribution in [1.82, 2.24) is 5.32 Å². The Balaban J connectivity index is 2.35. The number of benzene rings is 1. The van der Waals surface area contributed by atoms with Gasteiger partial charge in [-0.05, 0) is 31.5 Å². The smallest absolute Gasteiger partial charge is 0.189 e. The number of aryl methyl sites for hydroxylation is 1. The minimum Gasteiger partial charge on any atom is -0.496 e. The van der Waals surface area contributed by atoms with Crippen LogP contribution in [-0.2, 0) is 9.84 Å². The minimum atomic E-state index is -3.31. The van der Waals surface area contributed by atoms with Gasteiger partial charge in [0, 0.05) is 11.6 Å². The van der Waals surface area contributed by atoms with Gasteiger partial charge in [0.15, 0.2) is 9.84 Å². The highest BCUT2D eigenvalue weighted by Gasteiger charge is 2.24. The Morgan fingerprint density at radius 3 is 2.67 bits per heavy atom. The molecular weight excluding hydrogens is 306 g/mol. The fourth-order valence-corrected chi connectivity index (χ4v) is 4.84. The third-order valence-corrected chi connectivity index (χ3v) is 6.53. The highest BCUT2D eigenvalue weighted by Crippen LogP contribution is 2.29. The maximum atomic E-state index is 12.5. The summed E-state index contributed by atoms with van der Waals surface area (Å²) in [5.41, 5.74) is 1.93. The normalized spacial score (nSPS) is 13.1. The second-order valence-electron chi connectivity index (χ2n) is 4.80. The van der Waals surface area contributed by atoms with Crippen molar-refractivity contribution < 1.29 is 13.2 Å². The largest absolute Gasteiger partial charge is 0.496 e. The van der Waals surface area contributed by atoms with Crippen LogP contribution < -0.4 is 10.1 Å². The topological polar surface area (TPSA) is 55.4 Å². The Bertz CT molecular complexity index is 694. The molecule has 0 saturated heterocycles. The van der Waals surface area contributed by atoms with Gasteiger partial charge in [0.2, 0.25) is 0 Å². The zero-order chi connectivity index (χ0) is 15.5. The first-order valence-corrected chi connectivity index (χ1v) is 9.09. The minimum absolute atomic E-state index is 0.00380. The molecule has 0 aliphatic rings. The van der Waals surface area contributed by atoms with Crippen molar-refractivity contribution >= 4 is 21.2 Å². The summed E-state index contributed by atoms with van der Waals surface area (Å²) in [4.78, 5) is 0. The van der Waals surface area contributed by atoms with E-state index in [0.29, 0.717) is 9.96 Å². The van der Waals surface area contributed by atoms with Gasteiger partial charge in [-0.25, -0.2) is 8.42 Å². The van der Waals surface area contributed by atoms with E-state index in [0.717, 1.165) is 11.1 Å². The van der Waals surface area contributed by atoms with Crippen LogP contribution in [-0.4, -0.2) is 28.3 Å². The first-order valence-electron chi connectivity index (χ1n) is 6.56. The molecule has 2 rings (SSSR count). The van der Waals surface area contributed by atoms with E-state index in [1.165, 1.54) is 11.3 Å². The van der Waals surface area contributed by atoms with Gasteiger partial charge in [-0.3, -0.25) is 0 Å². The SMILES string of the molecule is CNC(CS(=O)(=O)c1cccs1)c1cc(C)ccc1OC. The van der Waals surface area contributed by atoms with E-state index in [2.05, 4.69) is 5.32 Å². The van der Waals surface area contributed by atoms with Crippen molar-refractivity contribution in [2.75, 3.05) is 19.9 Å². The average Bonchev–Trinajstić information content (AvgIpc) is 3.00. The molecule has 1 unspecified atom stereocenters. The van der Waals surface area contributed by atoms with Crippen LogP contribution in [0.5, 0.6) is 5.75 Å². The highest BCUT2D eigenvalue weighted by molar-refractivity contribution is 7.93. The second-order valence-corrected chi connectivity index (χ2v) is 8.01. The quantitative estimate of drug-likeness (QED) is 0.887. The molecule has 0 bridgehead atoms.